The van der Waals surface area contributed by atoms with Gasteiger partial charge in [-0.15, -0.1) is 11.8 Å². The van der Waals surface area contributed by atoms with Crippen molar-refractivity contribution < 1.29 is 0 Å². The van der Waals surface area contributed by atoms with Gasteiger partial charge >= 0.3 is 0 Å². The normalized spacial score (nSPS) is 11.7. The summed E-state index contributed by atoms with van der Waals surface area (Å²) < 4.78 is 1.49. The molecule has 13 heavy (non-hydrogen) atoms. The standard InChI is InChI=1S/C11H15BrS/c1-4-11(2,3)13-10-7-5-6-9(12)8-10/h5-8H,4H2,1-3H3. The first-order valence-corrected chi connectivity index (χ1v) is 6.09. The van der Waals surface area contributed by atoms with Crippen molar-refractivity contribution in [1.82, 2.24) is 0 Å². The Morgan fingerprint density at radius 1 is 1.38 bits per heavy atom. The number of thioether (sulfide) groups is 1. The van der Waals surface area contributed by atoms with E-state index in [-0.39, 0.29) is 0 Å². The van der Waals surface area contributed by atoms with Crippen LogP contribution >= 0.6 is 27.7 Å². The van der Waals surface area contributed by atoms with E-state index in [4.69, 9.17) is 0 Å². The quantitative estimate of drug-likeness (QED) is 0.707. The molecule has 0 atom stereocenters. The fourth-order valence-electron chi connectivity index (χ4n) is 0.922. The van der Waals surface area contributed by atoms with Crippen molar-refractivity contribution in [1.29, 1.82) is 0 Å². The molecule has 0 amide bonds. The van der Waals surface area contributed by atoms with Gasteiger partial charge in [0, 0.05) is 14.1 Å². The highest BCUT2D eigenvalue weighted by Gasteiger charge is 2.16. The van der Waals surface area contributed by atoms with E-state index in [1.807, 2.05) is 11.8 Å². The molecular formula is C11H15BrS. The molecule has 0 saturated heterocycles. The molecule has 0 aliphatic carbocycles. The van der Waals surface area contributed by atoms with E-state index in [9.17, 15) is 0 Å². The lowest BCUT2D eigenvalue weighted by molar-refractivity contribution is 0.684. The molecule has 1 rings (SSSR count). The maximum Gasteiger partial charge on any atom is 0.0186 e. The minimum absolute atomic E-state index is 0.334. The molecule has 1 aromatic carbocycles. The molecule has 0 bridgehead atoms. The molecule has 0 aromatic heterocycles. The Bertz CT molecular complexity index is 281. The van der Waals surface area contributed by atoms with Crippen LogP contribution < -0.4 is 0 Å². The third-order valence-electron chi connectivity index (χ3n) is 2.04. The third kappa shape index (κ3) is 3.74. The average molecular weight is 259 g/mol. The summed E-state index contributed by atoms with van der Waals surface area (Å²) in [5.41, 5.74) is 0. The highest BCUT2D eigenvalue weighted by atomic mass is 79.9. The van der Waals surface area contributed by atoms with Gasteiger partial charge in [-0.25, -0.2) is 0 Å². The van der Waals surface area contributed by atoms with Crippen LogP contribution in [0.1, 0.15) is 27.2 Å². The molecular weight excluding hydrogens is 244 g/mol. The zero-order chi connectivity index (χ0) is 9.90. The van der Waals surface area contributed by atoms with Crippen LogP contribution in [0.5, 0.6) is 0 Å². The Balaban J connectivity index is 2.74. The number of halogens is 1. The summed E-state index contributed by atoms with van der Waals surface area (Å²) in [5.74, 6) is 0. The fraction of sp³-hybridized carbons (Fsp3) is 0.455. The molecule has 0 nitrogen and oxygen atoms in total. The molecule has 0 aliphatic heterocycles. The lowest BCUT2D eigenvalue weighted by Gasteiger charge is -2.21. The second-order valence-corrected chi connectivity index (χ2v) is 6.37. The zero-order valence-electron chi connectivity index (χ0n) is 8.30. The van der Waals surface area contributed by atoms with Crippen LogP contribution in [0, 0.1) is 0 Å². The van der Waals surface area contributed by atoms with Gasteiger partial charge in [0.05, 0.1) is 0 Å². The van der Waals surface area contributed by atoms with Crippen molar-refractivity contribution in [3.05, 3.63) is 28.7 Å². The fourth-order valence-corrected chi connectivity index (χ4v) is 2.59. The molecule has 0 N–H and O–H groups in total. The van der Waals surface area contributed by atoms with Gasteiger partial charge in [0.15, 0.2) is 0 Å². The SMILES string of the molecule is CCC(C)(C)Sc1cccc(Br)c1. The van der Waals surface area contributed by atoms with Crippen molar-refractivity contribution in [2.24, 2.45) is 0 Å². The lowest BCUT2D eigenvalue weighted by Crippen LogP contribution is -2.11. The first kappa shape index (κ1) is 11.1. The maximum absolute atomic E-state index is 3.48. The highest BCUT2D eigenvalue weighted by Crippen LogP contribution is 2.35. The van der Waals surface area contributed by atoms with Crippen LogP contribution in [0.2, 0.25) is 0 Å². The maximum atomic E-state index is 3.48. The molecule has 0 heterocycles. The number of rotatable bonds is 3. The molecule has 72 valence electrons. The van der Waals surface area contributed by atoms with E-state index in [1.54, 1.807) is 0 Å². The molecule has 0 fully saturated rings. The zero-order valence-corrected chi connectivity index (χ0v) is 10.7. The van der Waals surface area contributed by atoms with E-state index in [1.165, 1.54) is 11.3 Å². The lowest BCUT2D eigenvalue weighted by atomic mass is 10.1. The molecule has 0 radical (unpaired) electrons. The van der Waals surface area contributed by atoms with Crippen molar-refractivity contribution in [3.8, 4) is 0 Å². The van der Waals surface area contributed by atoms with E-state index >= 15 is 0 Å². The molecule has 2 heteroatoms. The summed E-state index contributed by atoms with van der Waals surface area (Å²) in [6.07, 6.45) is 1.18. The molecule has 0 unspecified atom stereocenters. The van der Waals surface area contributed by atoms with E-state index < -0.39 is 0 Å². The average Bonchev–Trinajstić information content (AvgIpc) is 2.03. The van der Waals surface area contributed by atoms with Crippen LogP contribution in [-0.4, -0.2) is 4.75 Å². The van der Waals surface area contributed by atoms with Crippen LogP contribution in [-0.2, 0) is 0 Å². The summed E-state index contributed by atoms with van der Waals surface area (Å²) in [4.78, 5) is 1.33. The second kappa shape index (κ2) is 4.52. The Morgan fingerprint density at radius 2 is 2.08 bits per heavy atom. The number of hydrogen-bond acceptors (Lipinski definition) is 1. The first-order chi connectivity index (χ1) is 6.03. The first-order valence-electron chi connectivity index (χ1n) is 4.48. The predicted octanol–water partition coefficient (Wildman–Crippen LogP) is 4.73. The summed E-state index contributed by atoms with van der Waals surface area (Å²) in [5, 5.41) is 0. The molecule has 0 spiro atoms. The predicted molar refractivity (Wildman–Crippen MR) is 64.4 cm³/mol. The van der Waals surface area contributed by atoms with Gasteiger partial charge < -0.3 is 0 Å². The van der Waals surface area contributed by atoms with Gasteiger partial charge in [0.25, 0.3) is 0 Å². The summed E-state index contributed by atoms with van der Waals surface area (Å²) in [6, 6.07) is 8.47. The molecule has 1 aromatic rings. The van der Waals surface area contributed by atoms with E-state index in [0.29, 0.717) is 4.75 Å². The van der Waals surface area contributed by atoms with Crippen LogP contribution in [0.15, 0.2) is 33.6 Å². The minimum atomic E-state index is 0.334. The Kier molecular flexibility index (Phi) is 3.87. The largest absolute Gasteiger partial charge is 0.120 e. The topological polar surface area (TPSA) is 0 Å². The summed E-state index contributed by atoms with van der Waals surface area (Å²) in [6.45, 7) is 6.78. The van der Waals surface area contributed by atoms with E-state index in [0.717, 1.165) is 4.47 Å². The van der Waals surface area contributed by atoms with Crippen molar-refractivity contribution >= 4 is 27.7 Å². The van der Waals surface area contributed by atoms with Crippen LogP contribution in [0.3, 0.4) is 0 Å². The molecule has 0 saturated carbocycles. The highest BCUT2D eigenvalue weighted by molar-refractivity contribution is 9.10. The van der Waals surface area contributed by atoms with Gasteiger partial charge in [-0.3, -0.25) is 0 Å². The smallest absolute Gasteiger partial charge is 0.0186 e. The van der Waals surface area contributed by atoms with E-state index in [2.05, 4.69) is 61.0 Å². The van der Waals surface area contributed by atoms with Crippen molar-refractivity contribution in [2.45, 2.75) is 36.8 Å². The monoisotopic (exact) mass is 258 g/mol. The third-order valence-corrected chi connectivity index (χ3v) is 3.87. The van der Waals surface area contributed by atoms with Gasteiger partial charge in [-0.2, -0.15) is 0 Å². The van der Waals surface area contributed by atoms with Crippen LogP contribution in [0.4, 0.5) is 0 Å². The van der Waals surface area contributed by atoms with Crippen molar-refractivity contribution in [3.63, 3.8) is 0 Å². The Hall–Kier alpha value is 0.0500. The van der Waals surface area contributed by atoms with Crippen LogP contribution in [0.25, 0.3) is 0 Å². The Morgan fingerprint density at radius 3 is 2.62 bits per heavy atom. The summed E-state index contributed by atoms with van der Waals surface area (Å²) in [7, 11) is 0. The van der Waals surface area contributed by atoms with Gasteiger partial charge in [-0.05, 0) is 24.6 Å². The molecule has 0 aliphatic rings. The van der Waals surface area contributed by atoms with Gasteiger partial charge in [-0.1, -0.05) is 42.8 Å². The summed E-state index contributed by atoms with van der Waals surface area (Å²) >= 11 is 5.41. The Labute approximate surface area is 93.2 Å². The minimum Gasteiger partial charge on any atom is -0.120 e. The van der Waals surface area contributed by atoms with Gasteiger partial charge in [0.1, 0.15) is 0 Å². The van der Waals surface area contributed by atoms with Crippen molar-refractivity contribution in [2.75, 3.05) is 0 Å². The second-order valence-electron chi connectivity index (χ2n) is 3.67. The number of hydrogen-bond donors (Lipinski definition) is 0. The number of benzene rings is 1. The van der Waals surface area contributed by atoms with Gasteiger partial charge in [0.2, 0.25) is 0 Å².